The summed E-state index contributed by atoms with van der Waals surface area (Å²) in [5.41, 5.74) is 0.625. The maximum atomic E-state index is 12.1. The molecular weight excluding hydrogens is 310 g/mol. The number of hydrogen-bond donors (Lipinski definition) is 2. The molecule has 130 valence electrons. The van der Waals surface area contributed by atoms with Crippen LogP contribution in [0.15, 0.2) is 24.3 Å². The lowest BCUT2D eigenvalue weighted by molar-refractivity contribution is -0.182. The molecule has 1 saturated heterocycles. The molecule has 6 nitrogen and oxygen atoms in total. The average Bonchev–Trinajstić information content (AvgIpc) is 2.52. The summed E-state index contributed by atoms with van der Waals surface area (Å²) in [6.07, 6.45) is 2.49. The molecular formula is C18H23NO5. The normalized spacial score (nSPS) is 28.9. The van der Waals surface area contributed by atoms with Crippen molar-refractivity contribution in [3.63, 3.8) is 0 Å². The number of aliphatic carboxylic acids is 1. The van der Waals surface area contributed by atoms with E-state index in [1.165, 1.54) is 0 Å². The fourth-order valence-electron chi connectivity index (χ4n) is 3.58. The van der Waals surface area contributed by atoms with E-state index >= 15 is 0 Å². The van der Waals surface area contributed by atoms with E-state index in [1.807, 2.05) is 31.2 Å². The van der Waals surface area contributed by atoms with Gasteiger partial charge in [0.2, 0.25) is 0 Å². The fourth-order valence-corrected chi connectivity index (χ4v) is 3.58. The first-order valence-corrected chi connectivity index (χ1v) is 8.32. The molecule has 1 spiro atoms. The molecule has 1 unspecified atom stereocenters. The van der Waals surface area contributed by atoms with E-state index in [-0.39, 0.29) is 30.1 Å². The highest BCUT2D eigenvalue weighted by atomic mass is 16.5. The van der Waals surface area contributed by atoms with E-state index in [0.29, 0.717) is 31.6 Å². The van der Waals surface area contributed by atoms with Crippen LogP contribution in [0.1, 0.15) is 31.2 Å². The van der Waals surface area contributed by atoms with Crippen molar-refractivity contribution in [1.82, 2.24) is 5.32 Å². The van der Waals surface area contributed by atoms with Crippen molar-refractivity contribution in [2.24, 2.45) is 5.92 Å². The molecule has 1 heterocycles. The predicted molar refractivity (Wildman–Crippen MR) is 86.9 cm³/mol. The Morgan fingerprint density at radius 1 is 1.33 bits per heavy atom. The fraction of sp³-hybridized carbons (Fsp3) is 0.556. The van der Waals surface area contributed by atoms with Crippen molar-refractivity contribution in [2.45, 2.75) is 44.2 Å². The first-order valence-electron chi connectivity index (χ1n) is 8.32. The molecule has 24 heavy (non-hydrogen) atoms. The maximum absolute atomic E-state index is 12.1. The number of nitrogens with one attached hydrogen (secondary N) is 1. The molecule has 1 aromatic rings. The van der Waals surface area contributed by atoms with Gasteiger partial charge in [0.1, 0.15) is 5.75 Å². The second-order valence-corrected chi connectivity index (χ2v) is 6.79. The number of carbonyl (C=O) groups excluding carboxylic acids is 1. The van der Waals surface area contributed by atoms with E-state index in [9.17, 15) is 9.59 Å². The smallest absolute Gasteiger partial charge is 0.306 e. The second-order valence-electron chi connectivity index (χ2n) is 6.79. The molecule has 1 aliphatic heterocycles. The zero-order chi connectivity index (χ0) is 17.2. The lowest BCUT2D eigenvalue weighted by atomic mass is 9.66. The molecule has 1 aliphatic carbocycles. The minimum atomic E-state index is -0.762. The largest absolute Gasteiger partial charge is 0.484 e. The Labute approximate surface area is 141 Å². The molecule has 2 N–H and O–H groups in total. The first-order chi connectivity index (χ1) is 11.5. The van der Waals surface area contributed by atoms with Gasteiger partial charge in [-0.3, -0.25) is 9.59 Å². The molecule has 1 saturated carbocycles. The van der Waals surface area contributed by atoms with Crippen LogP contribution in [0.25, 0.3) is 0 Å². The Morgan fingerprint density at radius 3 is 2.79 bits per heavy atom. The van der Waals surface area contributed by atoms with Crippen LogP contribution < -0.4 is 10.1 Å². The van der Waals surface area contributed by atoms with Crippen molar-refractivity contribution >= 4 is 11.9 Å². The molecule has 1 amide bonds. The number of carbonyl (C=O) groups is 2. The predicted octanol–water partition coefficient (Wildman–Crippen LogP) is 1.90. The molecule has 0 radical (unpaired) electrons. The first kappa shape index (κ1) is 16.8. The lowest BCUT2D eigenvalue weighted by Gasteiger charge is -2.50. The van der Waals surface area contributed by atoms with Gasteiger partial charge in [-0.15, -0.1) is 0 Å². The summed E-state index contributed by atoms with van der Waals surface area (Å²) >= 11 is 0. The van der Waals surface area contributed by atoms with E-state index in [0.717, 1.165) is 12.0 Å². The van der Waals surface area contributed by atoms with Crippen LogP contribution in [0.3, 0.4) is 0 Å². The van der Waals surface area contributed by atoms with Gasteiger partial charge in [-0.1, -0.05) is 18.2 Å². The average molecular weight is 333 g/mol. The minimum Gasteiger partial charge on any atom is -0.484 e. The molecule has 0 bridgehead atoms. The summed E-state index contributed by atoms with van der Waals surface area (Å²) in [4.78, 5) is 23.1. The van der Waals surface area contributed by atoms with E-state index in [2.05, 4.69) is 5.32 Å². The number of carboxylic acids is 1. The van der Waals surface area contributed by atoms with Crippen molar-refractivity contribution in [3.8, 4) is 5.75 Å². The van der Waals surface area contributed by atoms with Crippen LogP contribution in [0, 0.1) is 12.8 Å². The number of amides is 1. The number of ether oxygens (including phenoxy) is 2. The molecule has 6 heteroatoms. The summed E-state index contributed by atoms with van der Waals surface area (Å²) < 4.78 is 11.4. The van der Waals surface area contributed by atoms with Crippen LogP contribution >= 0.6 is 0 Å². The van der Waals surface area contributed by atoms with Crippen LogP contribution in [0.2, 0.25) is 0 Å². The zero-order valence-electron chi connectivity index (χ0n) is 13.8. The van der Waals surface area contributed by atoms with Crippen molar-refractivity contribution in [1.29, 1.82) is 0 Å². The molecule has 2 aliphatic rings. The summed E-state index contributed by atoms with van der Waals surface area (Å²) in [6.45, 7) is 2.47. The van der Waals surface area contributed by atoms with Gasteiger partial charge in [0.15, 0.2) is 6.61 Å². The van der Waals surface area contributed by atoms with Gasteiger partial charge < -0.3 is 19.9 Å². The van der Waals surface area contributed by atoms with Crippen LogP contribution in [-0.2, 0) is 14.3 Å². The Bertz CT molecular complexity index is 624. The third-order valence-electron chi connectivity index (χ3n) is 4.90. The van der Waals surface area contributed by atoms with Gasteiger partial charge in [-0.2, -0.15) is 0 Å². The van der Waals surface area contributed by atoms with Gasteiger partial charge in [0.05, 0.1) is 11.5 Å². The quantitative estimate of drug-likeness (QED) is 0.860. The highest BCUT2D eigenvalue weighted by Crippen LogP contribution is 2.46. The van der Waals surface area contributed by atoms with Crippen LogP contribution in [0.4, 0.5) is 0 Å². The third kappa shape index (κ3) is 3.70. The molecule has 1 aromatic carbocycles. The topological polar surface area (TPSA) is 84.9 Å². The lowest BCUT2D eigenvalue weighted by Crippen LogP contribution is -2.56. The third-order valence-corrected chi connectivity index (χ3v) is 4.90. The Kier molecular flexibility index (Phi) is 4.76. The van der Waals surface area contributed by atoms with Crippen molar-refractivity contribution in [2.75, 3.05) is 13.2 Å². The Balaban J connectivity index is 1.46. The number of hydrogen-bond acceptors (Lipinski definition) is 4. The highest BCUT2D eigenvalue weighted by Gasteiger charge is 2.51. The van der Waals surface area contributed by atoms with E-state index in [1.54, 1.807) is 0 Å². The van der Waals surface area contributed by atoms with E-state index in [4.69, 9.17) is 14.6 Å². The van der Waals surface area contributed by atoms with Gasteiger partial charge in [0, 0.05) is 12.6 Å². The summed E-state index contributed by atoms with van der Waals surface area (Å²) in [7, 11) is 0. The number of aryl methyl sites for hydroxylation is 1. The van der Waals surface area contributed by atoms with Crippen molar-refractivity contribution < 1.29 is 24.2 Å². The SMILES string of the molecule is Cc1ccccc1OCC(=O)NC1CCOC2(C1)CC(C(=O)O)C2. The minimum absolute atomic E-state index is 0.0152. The summed E-state index contributed by atoms with van der Waals surface area (Å²) in [5, 5.41) is 12.0. The van der Waals surface area contributed by atoms with Gasteiger partial charge in [-0.25, -0.2) is 0 Å². The highest BCUT2D eigenvalue weighted by molar-refractivity contribution is 5.78. The second kappa shape index (κ2) is 6.81. The monoisotopic (exact) mass is 333 g/mol. The van der Waals surface area contributed by atoms with Crippen LogP contribution in [-0.4, -0.2) is 41.8 Å². The molecule has 2 fully saturated rings. The van der Waals surface area contributed by atoms with Gasteiger partial charge in [0.25, 0.3) is 5.91 Å². The number of para-hydroxylation sites is 1. The Hall–Kier alpha value is -2.08. The van der Waals surface area contributed by atoms with Crippen LogP contribution in [0.5, 0.6) is 5.75 Å². The number of benzene rings is 1. The Morgan fingerprint density at radius 2 is 2.08 bits per heavy atom. The molecule has 0 aromatic heterocycles. The van der Waals surface area contributed by atoms with Gasteiger partial charge >= 0.3 is 5.97 Å². The number of carboxylic acid groups (broad SMARTS) is 1. The van der Waals surface area contributed by atoms with Gasteiger partial charge in [-0.05, 0) is 44.2 Å². The summed E-state index contributed by atoms with van der Waals surface area (Å²) in [5.74, 6) is -0.528. The standard InChI is InChI=1S/C18H23NO5/c1-12-4-2-3-5-15(12)23-11-16(20)19-14-6-7-24-18(10-14)8-13(9-18)17(21)22/h2-5,13-14H,6-11H2,1H3,(H,19,20)(H,21,22). The molecule has 3 rings (SSSR count). The van der Waals surface area contributed by atoms with E-state index < -0.39 is 5.97 Å². The molecule has 1 atom stereocenters. The zero-order valence-corrected chi connectivity index (χ0v) is 13.8. The number of rotatable bonds is 5. The summed E-state index contributed by atoms with van der Waals surface area (Å²) in [6, 6.07) is 7.59. The van der Waals surface area contributed by atoms with Crippen molar-refractivity contribution in [3.05, 3.63) is 29.8 Å². The maximum Gasteiger partial charge on any atom is 0.306 e.